The minimum atomic E-state index is -0.488. The molecule has 0 atom stereocenters. The zero-order chi connectivity index (χ0) is 37.3. The maximum absolute atomic E-state index is 4.62. The highest BCUT2D eigenvalue weighted by molar-refractivity contribution is 5.58. The maximum Gasteiger partial charge on any atom is 0.113 e. The van der Waals surface area contributed by atoms with Crippen molar-refractivity contribution in [2.75, 3.05) is 0 Å². The topological polar surface area (TPSA) is 125 Å². The van der Waals surface area contributed by atoms with E-state index >= 15 is 0 Å². The van der Waals surface area contributed by atoms with E-state index in [9.17, 15) is 0 Å². The molecule has 8 aromatic rings. The van der Waals surface area contributed by atoms with Gasteiger partial charge in [0.1, 0.15) is 11.4 Å². The van der Waals surface area contributed by atoms with Crippen molar-refractivity contribution in [3.05, 3.63) is 167 Å². The molecular formula is C44H46N10. The number of aromatic amines is 4. The molecule has 10 heteroatoms. The molecule has 54 heavy (non-hydrogen) atoms. The molecule has 1 aliphatic heterocycles. The van der Waals surface area contributed by atoms with Crippen LogP contribution in [0.25, 0.3) is 22.5 Å². The van der Waals surface area contributed by atoms with Crippen LogP contribution in [-0.2, 0) is 34.7 Å². The lowest BCUT2D eigenvalue weighted by Crippen LogP contribution is -2.33. The zero-order valence-electron chi connectivity index (χ0n) is 31.6. The normalized spacial score (nSPS) is 20.3. The Balaban J connectivity index is 1.15. The number of hydrogen-bond donors (Lipinski definition) is 4. The summed E-state index contributed by atoms with van der Waals surface area (Å²) in [5, 5.41) is 18.3. The van der Waals surface area contributed by atoms with Crippen LogP contribution in [0.5, 0.6) is 0 Å². The fourth-order valence-corrected chi connectivity index (χ4v) is 8.13. The highest BCUT2D eigenvalue weighted by Crippen LogP contribution is 2.42. The highest BCUT2D eigenvalue weighted by atomic mass is 15.4. The monoisotopic (exact) mass is 714 g/mol. The molecule has 9 rings (SSSR count). The van der Waals surface area contributed by atoms with Crippen LogP contribution in [0.2, 0.25) is 0 Å². The Labute approximate surface area is 315 Å². The Kier molecular flexibility index (Phi) is 7.60. The van der Waals surface area contributed by atoms with Gasteiger partial charge in [-0.15, -0.1) is 10.2 Å². The van der Waals surface area contributed by atoms with Crippen molar-refractivity contribution in [2.45, 2.75) is 76.3 Å². The lowest BCUT2D eigenvalue weighted by atomic mass is 9.83. The second-order valence-corrected chi connectivity index (χ2v) is 16.4. The fraction of sp³-hybridized carbons (Fsp3) is 0.273. The Morgan fingerprint density at radius 3 is 1.02 bits per heavy atom. The van der Waals surface area contributed by atoms with Gasteiger partial charge in [0.2, 0.25) is 0 Å². The van der Waals surface area contributed by atoms with Crippen molar-refractivity contribution in [1.82, 2.24) is 49.9 Å². The second-order valence-electron chi connectivity index (χ2n) is 16.4. The second kappa shape index (κ2) is 12.2. The predicted molar refractivity (Wildman–Crippen MR) is 211 cm³/mol. The summed E-state index contributed by atoms with van der Waals surface area (Å²) in [6.07, 6.45) is 4.09. The van der Waals surface area contributed by atoms with Crippen molar-refractivity contribution in [3.63, 3.8) is 0 Å². The van der Waals surface area contributed by atoms with Gasteiger partial charge < -0.3 is 19.9 Å². The van der Waals surface area contributed by atoms with Gasteiger partial charge in [0.15, 0.2) is 0 Å². The van der Waals surface area contributed by atoms with Gasteiger partial charge >= 0.3 is 0 Å². The summed E-state index contributed by atoms with van der Waals surface area (Å²) in [5.41, 5.74) is 11.0. The summed E-state index contributed by atoms with van der Waals surface area (Å²) in [7, 11) is 0. The van der Waals surface area contributed by atoms with Crippen LogP contribution in [0, 0.1) is 0 Å². The van der Waals surface area contributed by atoms with Crippen LogP contribution in [0.15, 0.2) is 122 Å². The van der Waals surface area contributed by atoms with Crippen LogP contribution in [0.4, 0.5) is 0 Å². The standard InChI is InChI=1S/C44H46N10/c1-41(2)33-17-21-37(45-33)43(5,27-53-25-31(49-51-53)29-13-9-7-10-14-29)39-23-19-35(47-39)42(3,4)36-20-24-40(48-36)44(6,38-22-18-34(41)46-38)28-54-26-32(50-52-54)30-15-11-8-12-16-30/h7-26,45-48H,27-28H2,1-6H3. The van der Waals surface area contributed by atoms with Crippen LogP contribution in [-0.4, -0.2) is 49.9 Å². The molecule has 2 aromatic carbocycles. The summed E-state index contributed by atoms with van der Waals surface area (Å²) in [6, 6.07) is 38.3. The quantitative estimate of drug-likeness (QED) is 0.138. The number of benzene rings is 2. The first-order valence-electron chi connectivity index (χ1n) is 18.6. The molecular weight excluding hydrogens is 669 g/mol. The number of nitrogens with zero attached hydrogens (tertiary/aromatic N) is 6. The number of fused-ring (bicyclic) bond motifs is 8. The van der Waals surface area contributed by atoms with Gasteiger partial charge in [0, 0.05) is 67.5 Å². The molecule has 0 amide bonds. The number of H-pyrrole nitrogens is 4. The molecule has 6 aromatic heterocycles. The smallest absolute Gasteiger partial charge is 0.113 e. The van der Waals surface area contributed by atoms with Gasteiger partial charge in [-0.05, 0) is 90.1 Å². The van der Waals surface area contributed by atoms with Crippen molar-refractivity contribution in [3.8, 4) is 22.5 Å². The summed E-state index contributed by atoms with van der Waals surface area (Å²) >= 11 is 0. The summed E-state index contributed by atoms with van der Waals surface area (Å²) in [4.78, 5) is 15.6. The van der Waals surface area contributed by atoms with E-state index in [1.165, 1.54) is 0 Å². The number of hydrogen-bond acceptors (Lipinski definition) is 4. The molecule has 0 aliphatic carbocycles. The summed E-state index contributed by atoms with van der Waals surface area (Å²) in [6.45, 7) is 14.8. The molecule has 272 valence electrons. The minimum Gasteiger partial charge on any atom is -0.361 e. The Hall–Kier alpha value is -6.16. The van der Waals surface area contributed by atoms with E-state index in [-0.39, 0.29) is 10.8 Å². The summed E-state index contributed by atoms with van der Waals surface area (Å²) in [5.74, 6) is 0. The molecule has 4 N–H and O–H groups in total. The first kappa shape index (κ1) is 33.7. The lowest BCUT2D eigenvalue weighted by Gasteiger charge is -2.31. The van der Waals surface area contributed by atoms with E-state index in [2.05, 4.69) is 155 Å². The molecule has 0 unspecified atom stereocenters. The Morgan fingerprint density at radius 2 is 0.704 bits per heavy atom. The Bertz CT molecular complexity index is 2280. The SMILES string of the molecule is CC1(C)c2ccc([nH]2)C(C)(Cn2cc(-c3ccccc3)nn2)c2ccc([nH]2)C(C)(C)c2ccc([nH]2)C(C)(Cn2cc(-c3ccccc3)nn2)c2ccc1[nH]2. The van der Waals surface area contributed by atoms with Gasteiger partial charge in [-0.25, -0.2) is 0 Å². The Morgan fingerprint density at radius 1 is 0.407 bits per heavy atom. The van der Waals surface area contributed by atoms with Crippen LogP contribution >= 0.6 is 0 Å². The average Bonchev–Trinajstić information content (AvgIpc) is 4.03. The van der Waals surface area contributed by atoms with Gasteiger partial charge in [-0.3, -0.25) is 9.36 Å². The third-order valence-electron chi connectivity index (χ3n) is 12.0. The predicted octanol–water partition coefficient (Wildman–Crippen LogP) is 8.49. The van der Waals surface area contributed by atoms with Crippen LogP contribution in [0.1, 0.15) is 87.1 Å². The van der Waals surface area contributed by atoms with Crippen molar-refractivity contribution >= 4 is 0 Å². The number of rotatable bonds is 6. The summed E-state index contributed by atoms with van der Waals surface area (Å²) < 4.78 is 3.93. The van der Waals surface area contributed by atoms with Crippen molar-refractivity contribution in [2.24, 2.45) is 0 Å². The molecule has 7 heterocycles. The van der Waals surface area contributed by atoms with Gasteiger partial charge in [-0.1, -0.05) is 71.1 Å². The number of aromatic nitrogens is 10. The van der Waals surface area contributed by atoms with Crippen LogP contribution < -0.4 is 0 Å². The largest absolute Gasteiger partial charge is 0.361 e. The van der Waals surface area contributed by atoms with E-state index in [4.69, 9.17) is 0 Å². The van der Waals surface area contributed by atoms with E-state index in [0.717, 1.165) is 68.1 Å². The molecule has 0 saturated heterocycles. The van der Waals surface area contributed by atoms with Gasteiger partial charge in [0.05, 0.1) is 36.3 Å². The molecule has 1 aliphatic rings. The third kappa shape index (κ3) is 5.47. The maximum atomic E-state index is 4.62. The molecule has 0 fully saturated rings. The lowest BCUT2D eigenvalue weighted by molar-refractivity contribution is 0.407. The van der Waals surface area contributed by atoms with E-state index in [1.54, 1.807) is 0 Å². The molecule has 10 nitrogen and oxygen atoms in total. The van der Waals surface area contributed by atoms with Crippen molar-refractivity contribution < 1.29 is 0 Å². The minimum absolute atomic E-state index is 0.360. The average molecular weight is 715 g/mol. The first-order chi connectivity index (χ1) is 25.9. The molecule has 0 saturated carbocycles. The highest BCUT2D eigenvalue weighted by Gasteiger charge is 2.40. The zero-order valence-corrected chi connectivity index (χ0v) is 31.6. The van der Waals surface area contributed by atoms with Gasteiger partial charge in [-0.2, -0.15) is 0 Å². The van der Waals surface area contributed by atoms with E-state index < -0.39 is 10.8 Å². The first-order valence-corrected chi connectivity index (χ1v) is 18.6. The fourth-order valence-electron chi connectivity index (χ4n) is 8.13. The van der Waals surface area contributed by atoms with Crippen LogP contribution in [0.3, 0.4) is 0 Å². The molecule has 8 bridgehead atoms. The molecule has 0 spiro atoms. The van der Waals surface area contributed by atoms with Crippen molar-refractivity contribution in [1.29, 1.82) is 0 Å². The number of nitrogens with one attached hydrogen (secondary N) is 4. The van der Waals surface area contributed by atoms with E-state index in [0.29, 0.717) is 13.1 Å². The van der Waals surface area contributed by atoms with E-state index in [1.807, 2.05) is 58.2 Å². The third-order valence-corrected chi connectivity index (χ3v) is 12.0. The van der Waals surface area contributed by atoms with Gasteiger partial charge in [0.25, 0.3) is 0 Å². The molecule has 0 radical (unpaired) electrons.